The summed E-state index contributed by atoms with van der Waals surface area (Å²) >= 11 is 0. The molecule has 4 rings (SSSR count). The first kappa shape index (κ1) is 18.2. The van der Waals surface area contributed by atoms with Gasteiger partial charge in [-0.15, -0.1) is 0 Å². The molecule has 2 aromatic heterocycles. The highest BCUT2D eigenvalue weighted by Gasteiger charge is 2.41. The number of nitrogens with zero attached hydrogens (tertiary/aromatic N) is 4. The van der Waals surface area contributed by atoms with Crippen LogP contribution in [0.15, 0.2) is 53.2 Å². The Hall–Kier alpha value is -3.22. The van der Waals surface area contributed by atoms with Crippen LogP contribution < -0.4 is 4.74 Å². The first-order valence-electron chi connectivity index (χ1n) is 9.39. The van der Waals surface area contributed by atoms with E-state index < -0.39 is 0 Å². The van der Waals surface area contributed by atoms with Crippen LogP contribution in [0.3, 0.4) is 0 Å². The molecule has 1 saturated heterocycles. The summed E-state index contributed by atoms with van der Waals surface area (Å²) < 4.78 is 11.0. The number of benzene rings is 1. The van der Waals surface area contributed by atoms with Gasteiger partial charge in [-0.05, 0) is 31.5 Å². The molecule has 1 aliphatic heterocycles. The van der Waals surface area contributed by atoms with Gasteiger partial charge in [-0.3, -0.25) is 4.79 Å². The molecule has 0 saturated carbocycles. The van der Waals surface area contributed by atoms with Gasteiger partial charge < -0.3 is 14.2 Å². The van der Waals surface area contributed by atoms with Crippen molar-refractivity contribution in [3.63, 3.8) is 0 Å². The number of aromatic nitrogens is 3. The van der Waals surface area contributed by atoms with Gasteiger partial charge >= 0.3 is 0 Å². The van der Waals surface area contributed by atoms with Crippen molar-refractivity contribution >= 4 is 5.91 Å². The van der Waals surface area contributed by atoms with Gasteiger partial charge in [0.2, 0.25) is 11.8 Å². The maximum Gasteiger partial charge on any atom is 0.259 e. The maximum atomic E-state index is 13.2. The third kappa shape index (κ3) is 3.47. The summed E-state index contributed by atoms with van der Waals surface area (Å²) in [4.78, 5) is 23.7. The van der Waals surface area contributed by atoms with Crippen LogP contribution in [0.1, 0.15) is 46.4 Å². The molecule has 0 N–H and O–H groups in total. The molecule has 144 valence electrons. The number of likely N-dealkylation sites (tertiary alicyclic amines) is 1. The number of carbonyl (C=O) groups is 1. The van der Waals surface area contributed by atoms with E-state index in [1.54, 1.807) is 25.3 Å². The molecule has 1 aromatic carbocycles. The Bertz CT molecular complexity index is 957. The lowest BCUT2D eigenvalue weighted by atomic mass is 9.89. The SMILES string of the molecule is CCOc1ncccc1C(=O)N1C[C@H](c2ccccc2)[C@H](c2nc(C)no2)C1. The molecule has 2 atom stereocenters. The molecule has 1 amide bonds. The standard InChI is InChI=1S/C21H22N4O3/c1-3-27-19-16(10-7-11-22-19)21(26)25-12-17(15-8-5-4-6-9-15)18(13-25)20-23-14(2)24-28-20/h4-11,17-18H,3,12-13H2,1-2H3/t17-,18-/m1/s1. The molecule has 3 aromatic rings. The molecular weight excluding hydrogens is 356 g/mol. The summed E-state index contributed by atoms with van der Waals surface area (Å²) in [5, 5.41) is 3.94. The van der Waals surface area contributed by atoms with Crippen molar-refractivity contribution < 1.29 is 14.1 Å². The topological polar surface area (TPSA) is 81.4 Å². The predicted octanol–water partition coefficient (Wildman–Crippen LogP) is 3.20. The Morgan fingerprint density at radius 3 is 2.68 bits per heavy atom. The fourth-order valence-corrected chi connectivity index (χ4v) is 3.70. The van der Waals surface area contributed by atoms with Crippen molar-refractivity contribution in [2.24, 2.45) is 0 Å². The van der Waals surface area contributed by atoms with Crippen LogP contribution in [0, 0.1) is 6.92 Å². The van der Waals surface area contributed by atoms with E-state index in [0.717, 1.165) is 5.56 Å². The van der Waals surface area contributed by atoms with Gasteiger partial charge in [0.15, 0.2) is 5.82 Å². The molecule has 0 radical (unpaired) electrons. The normalized spacial score (nSPS) is 19.0. The second kappa shape index (κ2) is 7.80. The number of ether oxygens (including phenoxy) is 1. The summed E-state index contributed by atoms with van der Waals surface area (Å²) in [5.74, 6) is 1.45. The zero-order chi connectivity index (χ0) is 19.5. The number of pyridine rings is 1. The average molecular weight is 378 g/mol. The van der Waals surface area contributed by atoms with Crippen LogP contribution in [-0.2, 0) is 0 Å². The van der Waals surface area contributed by atoms with Gasteiger partial charge in [-0.2, -0.15) is 4.98 Å². The maximum absolute atomic E-state index is 13.2. The van der Waals surface area contributed by atoms with Gasteiger partial charge in [0.05, 0.1) is 12.5 Å². The van der Waals surface area contributed by atoms with Crippen molar-refractivity contribution in [1.82, 2.24) is 20.0 Å². The number of hydrogen-bond donors (Lipinski definition) is 0. The quantitative estimate of drug-likeness (QED) is 0.678. The van der Waals surface area contributed by atoms with Gasteiger partial charge in [0.1, 0.15) is 5.56 Å². The Labute approximate surface area is 163 Å². The number of amides is 1. The minimum Gasteiger partial charge on any atom is -0.477 e. The van der Waals surface area contributed by atoms with Gasteiger partial charge in [-0.1, -0.05) is 35.5 Å². The zero-order valence-corrected chi connectivity index (χ0v) is 15.9. The number of rotatable bonds is 5. The molecule has 28 heavy (non-hydrogen) atoms. The van der Waals surface area contributed by atoms with Gasteiger partial charge in [-0.25, -0.2) is 4.98 Å². The molecule has 0 spiro atoms. The monoisotopic (exact) mass is 378 g/mol. The summed E-state index contributed by atoms with van der Waals surface area (Å²) in [7, 11) is 0. The van der Waals surface area contributed by atoms with Crippen LogP contribution in [0.2, 0.25) is 0 Å². The van der Waals surface area contributed by atoms with Crippen molar-refractivity contribution in [2.45, 2.75) is 25.7 Å². The molecule has 7 heteroatoms. The summed E-state index contributed by atoms with van der Waals surface area (Å²) in [6.45, 7) is 5.19. The van der Waals surface area contributed by atoms with Gasteiger partial charge in [0.25, 0.3) is 5.91 Å². The van der Waals surface area contributed by atoms with Crippen LogP contribution in [0.4, 0.5) is 0 Å². The second-order valence-electron chi connectivity index (χ2n) is 6.80. The number of aryl methyl sites for hydroxylation is 1. The summed E-state index contributed by atoms with van der Waals surface area (Å²) in [5.41, 5.74) is 1.62. The van der Waals surface area contributed by atoms with Crippen molar-refractivity contribution in [3.8, 4) is 5.88 Å². The summed E-state index contributed by atoms with van der Waals surface area (Å²) in [6, 6.07) is 13.6. The fourth-order valence-electron chi connectivity index (χ4n) is 3.70. The van der Waals surface area contributed by atoms with E-state index in [1.165, 1.54) is 0 Å². The number of hydrogen-bond acceptors (Lipinski definition) is 6. The van der Waals surface area contributed by atoms with Crippen LogP contribution in [-0.4, -0.2) is 45.6 Å². The average Bonchev–Trinajstić information content (AvgIpc) is 3.35. The van der Waals surface area contributed by atoms with E-state index in [4.69, 9.17) is 9.26 Å². The molecule has 1 aliphatic rings. The molecule has 3 heterocycles. The highest BCUT2D eigenvalue weighted by Crippen LogP contribution is 2.39. The number of carbonyl (C=O) groups excluding carboxylic acids is 1. The lowest BCUT2D eigenvalue weighted by molar-refractivity contribution is 0.0783. The Morgan fingerprint density at radius 1 is 1.18 bits per heavy atom. The molecule has 0 bridgehead atoms. The Morgan fingerprint density at radius 2 is 1.96 bits per heavy atom. The van der Waals surface area contributed by atoms with Crippen LogP contribution in [0.25, 0.3) is 0 Å². The van der Waals surface area contributed by atoms with Crippen LogP contribution >= 0.6 is 0 Å². The zero-order valence-electron chi connectivity index (χ0n) is 15.9. The Kier molecular flexibility index (Phi) is 5.06. The highest BCUT2D eigenvalue weighted by molar-refractivity contribution is 5.96. The minimum absolute atomic E-state index is 0.0558. The smallest absolute Gasteiger partial charge is 0.259 e. The molecule has 0 aliphatic carbocycles. The van der Waals surface area contributed by atoms with E-state index >= 15 is 0 Å². The van der Waals surface area contributed by atoms with E-state index in [9.17, 15) is 4.79 Å². The molecule has 0 unspecified atom stereocenters. The highest BCUT2D eigenvalue weighted by atomic mass is 16.5. The predicted molar refractivity (Wildman–Crippen MR) is 102 cm³/mol. The van der Waals surface area contributed by atoms with E-state index in [1.807, 2.05) is 30.0 Å². The minimum atomic E-state index is -0.101. The van der Waals surface area contributed by atoms with Crippen LogP contribution in [0.5, 0.6) is 5.88 Å². The van der Waals surface area contributed by atoms with E-state index in [0.29, 0.717) is 42.9 Å². The van der Waals surface area contributed by atoms with Crippen molar-refractivity contribution in [3.05, 3.63) is 71.5 Å². The third-order valence-electron chi connectivity index (χ3n) is 4.98. The lowest BCUT2D eigenvalue weighted by Gasteiger charge is -2.18. The third-order valence-corrected chi connectivity index (χ3v) is 4.98. The van der Waals surface area contributed by atoms with Crippen molar-refractivity contribution in [2.75, 3.05) is 19.7 Å². The van der Waals surface area contributed by atoms with E-state index in [2.05, 4.69) is 27.3 Å². The molecule has 1 fully saturated rings. The second-order valence-corrected chi connectivity index (χ2v) is 6.80. The molecular formula is C21H22N4O3. The van der Waals surface area contributed by atoms with Crippen molar-refractivity contribution in [1.29, 1.82) is 0 Å². The van der Waals surface area contributed by atoms with E-state index in [-0.39, 0.29) is 17.7 Å². The largest absolute Gasteiger partial charge is 0.477 e. The molecule has 7 nitrogen and oxygen atoms in total. The van der Waals surface area contributed by atoms with Gasteiger partial charge in [0, 0.05) is 25.2 Å². The first-order chi connectivity index (χ1) is 13.7. The lowest BCUT2D eigenvalue weighted by Crippen LogP contribution is -2.29. The summed E-state index contributed by atoms with van der Waals surface area (Å²) in [6.07, 6.45) is 1.63. The first-order valence-corrected chi connectivity index (χ1v) is 9.39. The Balaban J connectivity index is 1.65. The fraction of sp³-hybridized carbons (Fsp3) is 0.333.